The van der Waals surface area contributed by atoms with Crippen LogP contribution in [0.25, 0.3) is 0 Å². The van der Waals surface area contributed by atoms with Crippen molar-refractivity contribution in [3.05, 3.63) is 65.5 Å². The van der Waals surface area contributed by atoms with Crippen LogP contribution in [0.5, 0.6) is 0 Å². The van der Waals surface area contributed by atoms with Gasteiger partial charge in [-0.1, -0.05) is 24.3 Å². The highest BCUT2D eigenvalue weighted by molar-refractivity contribution is 6.00. The van der Waals surface area contributed by atoms with Crippen LogP contribution >= 0.6 is 0 Å². The Bertz CT molecular complexity index is 702. The van der Waals surface area contributed by atoms with Gasteiger partial charge in [-0.05, 0) is 43.2 Å². The molecule has 0 heterocycles. The molecule has 0 aromatic heterocycles. The topological polar surface area (TPSA) is 67.4 Å². The van der Waals surface area contributed by atoms with Gasteiger partial charge in [0.05, 0.1) is 17.9 Å². The fourth-order valence-corrected chi connectivity index (χ4v) is 2.12. The van der Waals surface area contributed by atoms with E-state index in [9.17, 15) is 14.0 Å². The summed E-state index contributed by atoms with van der Waals surface area (Å²) in [6, 6.07) is 12.3. The van der Waals surface area contributed by atoms with E-state index < -0.39 is 12.0 Å². The quantitative estimate of drug-likeness (QED) is 0.798. The molecule has 0 saturated heterocycles. The molecule has 2 aromatic carbocycles. The highest BCUT2D eigenvalue weighted by atomic mass is 19.1. The van der Waals surface area contributed by atoms with Gasteiger partial charge >= 0.3 is 12.0 Å². The van der Waals surface area contributed by atoms with Gasteiger partial charge in [-0.15, -0.1) is 0 Å². The van der Waals surface area contributed by atoms with Crippen molar-refractivity contribution in [3.8, 4) is 0 Å². The smallest absolute Gasteiger partial charge is 0.340 e. The number of ether oxygens (including phenoxy) is 1. The summed E-state index contributed by atoms with van der Waals surface area (Å²) >= 11 is 0. The molecule has 0 atom stereocenters. The van der Waals surface area contributed by atoms with Crippen LogP contribution in [0.4, 0.5) is 14.9 Å². The summed E-state index contributed by atoms with van der Waals surface area (Å²) in [6.07, 6.45) is 0.577. The molecule has 0 aliphatic heterocycles. The second kappa shape index (κ2) is 8.67. The van der Waals surface area contributed by atoms with Gasteiger partial charge in [0, 0.05) is 6.54 Å². The summed E-state index contributed by atoms with van der Waals surface area (Å²) in [5.41, 5.74) is 1.60. The molecule has 6 heteroatoms. The summed E-state index contributed by atoms with van der Waals surface area (Å²) in [4.78, 5) is 23.8. The summed E-state index contributed by atoms with van der Waals surface area (Å²) in [5, 5.41) is 5.33. The number of nitrogens with one attached hydrogen (secondary N) is 2. The van der Waals surface area contributed by atoms with E-state index in [-0.39, 0.29) is 12.4 Å². The number of benzene rings is 2. The van der Waals surface area contributed by atoms with Crippen molar-refractivity contribution < 1.29 is 18.7 Å². The number of urea groups is 1. The monoisotopic (exact) mass is 330 g/mol. The van der Waals surface area contributed by atoms with Gasteiger partial charge in [0.15, 0.2) is 0 Å². The van der Waals surface area contributed by atoms with Crippen LogP contribution in [0.1, 0.15) is 22.8 Å². The third-order valence-electron chi connectivity index (χ3n) is 3.28. The van der Waals surface area contributed by atoms with Crippen molar-refractivity contribution >= 4 is 17.7 Å². The van der Waals surface area contributed by atoms with Crippen LogP contribution in [0.3, 0.4) is 0 Å². The van der Waals surface area contributed by atoms with Crippen LogP contribution in [-0.2, 0) is 11.2 Å². The first kappa shape index (κ1) is 17.5. The molecule has 0 aliphatic carbocycles. The molecule has 0 spiro atoms. The lowest BCUT2D eigenvalue weighted by atomic mass is 10.1. The maximum atomic E-state index is 12.8. The average Bonchev–Trinajstić information content (AvgIpc) is 2.57. The lowest BCUT2D eigenvalue weighted by Gasteiger charge is -2.11. The van der Waals surface area contributed by atoms with E-state index >= 15 is 0 Å². The van der Waals surface area contributed by atoms with E-state index in [1.165, 1.54) is 12.1 Å². The summed E-state index contributed by atoms with van der Waals surface area (Å²) in [7, 11) is 0. The number of carbonyl (C=O) groups is 2. The van der Waals surface area contributed by atoms with E-state index in [1.807, 2.05) is 0 Å². The second-order valence-corrected chi connectivity index (χ2v) is 5.02. The van der Waals surface area contributed by atoms with Crippen LogP contribution in [0.2, 0.25) is 0 Å². The van der Waals surface area contributed by atoms with Gasteiger partial charge in [-0.3, -0.25) is 0 Å². The minimum Gasteiger partial charge on any atom is -0.462 e. The summed E-state index contributed by atoms with van der Waals surface area (Å²) in [5.74, 6) is -0.778. The SMILES string of the molecule is CCOC(=O)c1ccccc1NC(=O)NCCc1ccc(F)cc1. The van der Waals surface area contributed by atoms with Crippen LogP contribution in [-0.4, -0.2) is 25.2 Å². The zero-order valence-corrected chi connectivity index (χ0v) is 13.3. The normalized spacial score (nSPS) is 10.1. The van der Waals surface area contributed by atoms with Gasteiger partial charge in [-0.25, -0.2) is 14.0 Å². The van der Waals surface area contributed by atoms with Crippen molar-refractivity contribution in [2.24, 2.45) is 0 Å². The third-order valence-corrected chi connectivity index (χ3v) is 3.28. The summed E-state index contributed by atoms with van der Waals surface area (Å²) in [6.45, 7) is 2.37. The first-order valence-corrected chi connectivity index (χ1v) is 7.65. The lowest BCUT2D eigenvalue weighted by Crippen LogP contribution is -2.31. The molecular weight excluding hydrogens is 311 g/mol. The Hall–Kier alpha value is -2.89. The van der Waals surface area contributed by atoms with E-state index in [0.717, 1.165) is 5.56 Å². The van der Waals surface area contributed by atoms with Crippen molar-refractivity contribution in [1.29, 1.82) is 0 Å². The van der Waals surface area contributed by atoms with Crippen molar-refractivity contribution in [2.75, 3.05) is 18.5 Å². The van der Waals surface area contributed by atoms with Crippen LogP contribution < -0.4 is 10.6 Å². The minimum atomic E-state index is -0.486. The fraction of sp³-hybridized carbons (Fsp3) is 0.222. The molecule has 0 fully saturated rings. The number of hydrogen-bond donors (Lipinski definition) is 2. The Morgan fingerprint density at radius 2 is 1.79 bits per heavy atom. The lowest BCUT2D eigenvalue weighted by molar-refractivity contribution is 0.0527. The van der Waals surface area contributed by atoms with Crippen molar-refractivity contribution in [3.63, 3.8) is 0 Å². The number of rotatable bonds is 6. The third kappa shape index (κ3) is 5.08. The second-order valence-electron chi connectivity index (χ2n) is 5.02. The largest absolute Gasteiger partial charge is 0.462 e. The van der Waals surface area contributed by atoms with E-state index in [2.05, 4.69) is 10.6 Å². The Morgan fingerprint density at radius 3 is 2.50 bits per heavy atom. The molecular formula is C18H19FN2O3. The van der Waals surface area contributed by atoms with E-state index in [1.54, 1.807) is 43.3 Å². The predicted octanol–water partition coefficient (Wildman–Crippen LogP) is 3.37. The number of hydrogen-bond acceptors (Lipinski definition) is 3. The molecule has 2 N–H and O–H groups in total. The molecule has 2 rings (SSSR count). The molecule has 0 bridgehead atoms. The van der Waals surface area contributed by atoms with Gasteiger partial charge in [0.2, 0.25) is 0 Å². The highest BCUT2D eigenvalue weighted by Crippen LogP contribution is 2.16. The Morgan fingerprint density at radius 1 is 1.08 bits per heavy atom. The van der Waals surface area contributed by atoms with Crippen LogP contribution in [0.15, 0.2) is 48.5 Å². The summed E-state index contributed by atoms with van der Waals surface area (Å²) < 4.78 is 17.8. The first-order valence-electron chi connectivity index (χ1n) is 7.65. The Kier molecular flexibility index (Phi) is 6.31. The number of esters is 1. The maximum Gasteiger partial charge on any atom is 0.340 e. The van der Waals surface area contributed by atoms with Crippen molar-refractivity contribution in [1.82, 2.24) is 5.32 Å². The maximum absolute atomic E-state index is 12.8. The zero-order chi connectivity index (χ0) is 17.4. The first-order chi connectivity index (χ1) is 11.6. The van der Waals surface area contributed by atoms with Crippen LogP contribution in [0, 0.1) is 5.82 Å². The molecule has 0 unspecified atom stereocenters. The number of anilines is 1. The standard InChI is InChI=1S/C18H19FN2O3/c1-2-24-17(22)15-5-3-4-6-16(15)21-18(23)20-12-11-13-7-9-14(19)10-8-13/h3-10H,2,11-12H2,1H3,(H2,20,21,23). The molecule has 0 radical (unpaired) electrons. The minimum absolute atomic E-state index is 0.261. The molecule has 24 heavy (non-hydrogen) atoms. The van der Waals surface area contributed by atoms with E-state index in [0.29, 0.717) is 24.2 Å². The van der Waals surface area contributed by atoms with Crippen molar-refractivity contribution in [2.45, 2.75) is 13.3 Å². The zero-order valence-electron chi connectivity index (χ0n) is 13.3. The molecule has 0 saturated carbocycles. The van der Waals surface area contributed by atoms with Gasteiger partial charge < -0.3 is 15.4 Å². The number of para-hydroxylation sites is 1. The number of amides is 2. The van der Waals surface area contributed by atoms with Gasteiger partial charge in [0.1, 0.15) is 5.82 Å². The molecule has 5 nitrogen and oxygen atoms in total. The fourth-order valence-electron chi connectivity index (χ4n) is 2.12. The Labute approximate surface area is 139 Å². The molecule has 0 aliphatic rings. The van der Waals surface area contributed by atoms with E-state index in [4.69, 9.17) is 4.74 Å². The molecule has 126 valence electrons. The molecule has 2 aromatic rings. The average molecular weight is 330 g/mol. The molecule has 2 amide bonds. The highest BCUT2D eigenvalue weighted by Gasteiger charge is 2.13. The predicted molar refractivity (Wildman–Crippen MR) is 89.5 cm³/mol. The van der Waals surface area contributed by atoms with Gasteiger partial charge in [-0.2, -0.15) is 0 Å². The van der Waals surface area contributed by atoms with Gasteiger partial charge in [0.25, 0.3) is 0 Å². The number of halogens is 1. The Balaban J connectivity index is 1.88. The number of carbonyl (C=O) groups excluding carboxylic acids is 2.